The predicted octanol–water partition coefficient (Wildman–Crippen LogP) is 1.57. The van der Waals surface area contributed by atoms with Gasteiger partial charge in [0, 0.05) is 20.6 Å². The second-order valence-corrected chi connectivity index (χ2v) is 3.41. The van der Waals surface area contributed by atoms with E-state index in [-0.39, 0.29) is 12.2 Å². The zero-order chi connectivity index (χ0) is 10.4. The van der Waals surface area contributed by atoms with Gasteiger partial charge in [-0.05, 0) is 12.8 Å². The van der Waals surface area contributed by atoms with Gasteiger partial charge in [-0.3, -0.25) is 0 Å². The summed E-state index contributed by atoms with van der Waals surface area (Å²) in [7, 11) is 3.18. The first-order valence-electron chi connectivity index (χ1n) is 4.42. The van der Waals surface area contributed by atoms with Crippen molar-refractivity contribution in [3.63, 3.8) is 0 Å². The first-order valence-corrected chi connectivity index (χ1v) is 4.42. The number of aliphatic hydroxyl groups is 1. The number of methoxy groups -OCH3 is 2. The Labute approximate surface area is 80.4 Å². The average molecular weight is 188 g/mol. The van der Waals surface area contributed by atoms with E-state index < -0.39 is 6.10 Å². The number of ether oxygens (including phenoxy) is 2. The maximum atomic E-state index is 9.62. The standard InChI is InChI=1S/C10H20O3/c1-7(2)10(11)8(3)6-9(12-4)13-5/h8-11H,1,6H2,2-5H3/t8-,10-/m0/s1. The van der Waals surface area contributed by atoms with E-state index in [1.807, 2.05) is 13.8 Å². The second-order valence-electron chi connectivity index (χ2n) is 3.41. The molecule has 0 heterocycles. The van der Waals surface area contributed by atoms with Crippen LogP contribution in [0.5, 0.6) is 0 Å². The number of rotatable bonds is 6. The molecule has 0 bridgehead atoms. The highest BCUT2D eigenvalue weighted by Gasteiger charge is 2.19. The molecule has 0 radical (unpaired) electrons. The van der Waals surface area contributed by atoms with E-state index in [1.165, 1.54) is 0 Å². The molecule has 0 rings (SSSR count). The summed E-state index contributed by atoms with van der Waals surface area (Å²) in [5.41, 5.74) is 0.776. The van der Waals surface area contributed by atoms with Crippen LogP contribution >= 0.6 is 0 Å². The maximum absolute atomic E-state index is 9.62. The van der Waals surface area contributed by atoms with Crippen molar-refractivity contribution < 1.29 is 14.6 Å². The van der Waals surface area contributed by atoms with Gasteiger partial charge < -0.3 is 14.6 Å². The van der Waals surface area contributed by atoms with Crippen LogP contribution in [-0.4, -0.2) is 31.7 Å². The lowest BCUT2D eigenvalue weighted by atomic mass is 9.96. The van der Waals surface area contributed by atoms with Gasteiger partial charge in [-0.15, -0.1) is 0 Å². The molecule has 0 unspecified atom stereocenters. The summed E-state index contributed by atoms with van der Waals surface area (Å²) in [5.74, 6) is 0.0994. The van der Waals surface area contributed by atoms with Crippen LogP contribution < -0.4 is 0 Å². The number of hydrogen-bond acceptors (Lipinski definition) is 3. The van der Waals surface area contributed by atoms with Crippen LogP contribution in [0.2, 0.25) is 0 Å². The fraction of sp³-hybridized carbons (Fsp3) is 0.800. The van der Waals surface area contributed by atoms with Crippen molar-refractivity contribution in [1.29, 1.82) is 0 Å². The molecular formula is C10H20O3. The van der Waals surface area contributed by atoms with E-state index in [1.54, 1.807) is 14.2 Å². The van der Waals surface area contributed by atoms with Crippen molar-refractivity contribution in [2.45, 2.75) is 32.7 Å². The zero-order valence-electron chi connectivity index (χ0n) is 8.91. The van der Waals surface area contributed by atoms with E-state index in [4.69, 9.17) is 9.47 Å². The Bertz CT molecular complexity index is 152. The summed E-state index contributed by atoms with van der Waals surface area (Å²) in [5, 5.41) is 9.62. The van der Waals surface area contributed by atoms with Gasteiger partial charge in [0.2, 0.25) is 0 Å². The van der Waals surface area contributed by atoms with Crippen molar-refractivity contribution in [1.82, 2.24) is 0 Å². The Morgan fingerprint density at radius 3 is 2.15 bits per heavy atom. The quantitative estimate of drug-likeness (QED) is 0.508. The van der Waals surface area contributed by atoms with Gasteiger partial charge in [0.1, 0.15) is 0 Å². The molecule has 0 aromatic carbocycles. The highest BCUT2D eigenvalue weighted by atomic mass is 16.7. The van der Waals surface area contributed by atoms with Gasteiger partial charge in [-0.2, -0.15) is 0 Å². The van der Waals surface area contributed by atoms with Crippen LogP contribution in [0.25, 0.3) is 0 Å². The Morgan fingerprint density at radius 2 is 1.85 bits per heavy atom. The van der Waals surface area contributed by atoms with Gasteiger partial charge in [0.15, 0.2) is 6.29 Å². The van der Waals surface area contributed by atoms with Crippen molar-refractivity contribution in [2.75, 3.05) is 14.2 Å². The Morgan fingerprint density at radius 1 is 1.38 bits per heavy atom. The van der Waals surface area contributed by atoms with E-state index in [0.29, 0.717) is 6.42 Å². The average Bonchev–Trinajstić information content (AvgIpc) is 2.12. The zero-order valence-corrected chi connectivity index (χ0v) is 8.91. The summed E-state index contributed by atoms with van der Waals surface area (Å²) in [6, 6.07) is 0. The molecule has 0 aliphatic heterocycles. The molecular weight excluding hydrogens is 168 g/mol. The third-order valence-electron chi connectivity index (χ3n) is 2.13. The monoisotopic (exact) mass is 188 g/mol. The fourth-order valence-corrected chi connectivity index (χ4v) is 1.21. The molecule has 0 fully saturated rings. The van der Waals surface area contributed by atoms with Gasteiger partial charge in [0.25, 0.3) is 0 Å². The molecule has 0 aliphatic carbocycles. The molecule has 1 N–H and O–H groups in total. The SMILES string of the molecule is C=C(C)[C@H](O)[C@@H](C)CC(OC)OC. The molecule has 0 saturated heterocycles. The van der Waals surface area contributed by atoms with Gasteiger partial charge >= 0.3 is 0 Å². The number of aliphatic hydroxyl groups excluding tert-OH is 1. The third kappa shape index (κ3) is 4.41. The lowest BCUT2D eigenvalue weighted by Gasteiger charge is -2.22. The molecule has 0 amide bonds. The van der Waals surface area contributed by atoms with Crippen LogP contribution in [0.1, 0.15) is 20.3 Å². The number of hydrogen-bond donors (Lipinski definition) is 1. The minimum atomic E-state index is -0.479. The van der Waals surface area contributed by atoms with Gasteiger partial charge in [0.05, 0.1) is 6.10 Å². The Balaban J connectivity index is 3.97. The summed E-state index contributed by atoms with van der Waals surface area (Å²) in [6.07, 6.45) is -0.0575. The predicted molar refractivity (Wildman–Crippen MR) is 52.4 cm³/mol. The first kappa shape index (κ1) is 12.6. The van der Waals surface area contributed by atoms with Crippen LogP contribution in [0.3, 0.4) is 0 Å². The normalized spacial score (nSPS) is 15.8. The van der Waals surface area contributed by atoms with Crippen LogP contribution in [0.4, 0.5) is 0 Å². The van der Waals surface area contributed by atoms with E-state index in [2.05, 4.69) is 6.58 Å². The molecule has 0 saturated carbocycles. The van der Waals surface area contributed by atoms with Crippen molar-refractivity contribution in [3.05, 3.63) is 12.2 Å². The highest BCUT2D eigenvalue weighted by Crippen LogP contribution is 2.17. The summed E-state index contributed by atoms with van der Waals surface area (Å²) >= 11 is 0. The largest absolute Gasteiger partial charge is 0.389 e. The van der Waals surface area contributed by atoms with E-state index >= 15 is 0 Å². The lowest BCUT2D eigenvalue weighted by Crippen LogP contribution is -2.25. The molecule has 13 heavy (non-hydrogen) atoms. The summed E-state index contributed by atoms with van der Waals surface area (Å²) in [4.78, 5) is 0. The summed E-state index contributed by atoms with van der Waals surface area (Å²) in [6.45, 7) is 7.47. The summed E-state index contributed by atoms with van der Waals surface area (Å²) < 4.78 is 10.1. The third-order valence-corrected chi connectivity index (χ3v) is 2.13. The van der Waals surface area contributed by atoms with E-state index in [9.17, 15) is 5.11 Å². The maximum Gasteiger partial charge on any atom is 0.157 e. The van der Waals surface area contributed by atoms with Gasteiger partial charge in [-0.25, -0.2) is 0 Å². The molecule has 78 valence electrons. The van der Waals surface area contributed by atoms with Crippen LogP contribution in [-0.2, 0) is 9.47 Å². The molecule has 3 nitrogen and oxygen atoms in total. The Kier molecular flexibility index (Phi) is 5.95. The minimum absolute atomic E-state index is 0.0994. The van der Waals surface area contributed by atoms with Crippen molar-refractivity contribution >= 4 is 0 Å². The molecule has 3 heteroatoms. The van der Waals surface area contributed by atoms with Gasteiger partial charge in [-0.1, -0.05) is 19.1 Å². The second kappa shape index (κ2) is 6.13. The first-order chi connectivity index (χ1) is 6.02. The molecule has 0 aliphatic rings. The van der Waals surface area contributed by atoms with Crippen molar-refractivity contribution in [3.8, 4) is 0 Å². The van der Waals surface area contributed by atoms with Crippen LogP contribution in [0, 0.1) is 5.92 Å². The molecule has 2 atom stereocenters. The Hall–Kier alpha value is -0.380. The molecule has 0 aromatic rings. The minimum Gasteiger partial charge on any atom is -0.389 e. The lowest BCUT2D eigenvalue weighted by molar-refractivity contribution is -0.118. The van der Waals surface area contributed by atoms with E-state index in [0.717, 1.165) is 5.57 Å². The molecule has 0 spiro atoms. The highest BCUT2D eigenvalue weighted by molar-refractivity contribution is 4.98. The topological polar surface area (TPSA) is 38.7 Å². The van der Waals surface area contributed by atoms with Crippen LogP contribution in [0.15, 0.2) is 12.2 Å². The molecule has 0 aromatic heterocycles. The fourth-order valence-electron chi connectivity index (χ4n) is 1.21. The van der Waals surface area contributed by atoms with Crippen molar-refractivity contribution in [2.24, 2.45) is 5.92 Å². The smallest absolute Gasteiger partial charge is 0.157 e.